The van der Waals surface area contributed by atoms with Gasteiger partial charge in [-0.05, 0) is 79.9 Å². The number of methoxy groups -OCH3 is 1. The van der Waals surface area contributed by atoms with Crippen molar-refractivity contribution < 1.29 is 4.74 Å². The summed E-state index contributed by atoms with van der Waals surface area (Å²) in [5.41, 5.74) is 1.55. The minimum absolute atomic E-state index is 0.740. The van der Waals surface area contributed by atoms with E-state index >= 15 is 0 Å². The molecule has 0 spiro atoms. The van der Waals surface area contributed by atoms with Crippen LogP contribution >= 0.6 is 0 Å². The van der Waals surface area contributed by atoms with Crippen LogP contribution in [0.25, 0.3) is 0 Å². The van der Waals surface area contributed by atoms with Crippen molar-refractivity contribution in [1.82, 2.24) is 0 Å². The highest BCUT2D eigenvalue weighted by molar-refractivity contribution is 5.30. The van der Waals surface area contributed by atoms with E-state index in [4.69, 9.17) is 4.74 Å². The number of ether oxygens (including phenoxy) is 1. The van der Waals surface area contributed by atoms with Crippen LogP contribution in [0.4, 0.5) is 0 Å². The largest absolute Gasteiger partial charge is 0.497 e. The molecule has 26 heavy (non-hydrogen) atoms. The Kier molecular flexibility index (Phi) is 7.65. The van der Waals surface area contributed by atoms with Crippen LogP contribution in [0.15, 0.2) is 36.4 Å². The Balaban J connectivity index is 1.67. The van der Waals surface area contributed by atoms with Gasteiger partial charge in [0.15, 0.2) is 0 Å². The normalized spacial score (nSPS) is 27.2. The lowest BCUT2D eigenvalue weighted by Crippen LogP contribution is -2.23. The van der Waals surface area contributed by atoms with Crippen LogP contribution in [0.2, 0.25) is 0 Å². The van der Waals surface area contributed by atoms with Crippen LogP contribution in [0.1, 0.15) is 89.0 Å². The molecule has 1 heteroatoms. The molecule has 2 unspecified atom stereocenters. The van der Waals surface area contributed by atoms with E-state index in [1.165, 1.54) is 70.6 Å². The maximum absolute atomic E-state index is 5.39. The average molecular weight is 355 g/mol. The first-order chi connectivity index (χ1) is 12.8. The first-order valence-corrected chi connectivity index (χ1v) is 11.1. The van der Waals surface area contributed by atoms with E-state index in [1.54, 1.807) is 12.7 Å². The van der Waals surface area contributed by atoms with E-state index in [9.17, 15) is 0 Å². The van der Waals surface area contributed by atoms with Gasteiger partial charge in [0.25, 0.3) is 0 Å². The van der Waals surface area contributed by atoms with E-state index < -0.39 is 0 Å². The van der Waals surface area contributed by atoms with E-state index in [0.29, 0.717) is 0 Å². The minimum Gasteiger partial charge on any atom is -0.497 e. The lowest BCUT2D eigenvalue weighted by atomic mass is 9.69. The molecule has 1 saturated carbocycles. The third-order valence-electron chi connectivity index (χ3n) is 6.94. The Morgan fingerprint density at radius 3 is 2.35 bits per heavy atom. The highest BCUT2D eigenvalue weighted by Crippen LogP contribution is 2.44. The van der Waals surface area contributed by atoms with Gasteiger partial charge in [-0.1, -0.05) is 63.3 Å². The first-order valence-electron chi connectivity index (χ1n) is 11.1. The lowest BCUT2D eigenvalue weighted by molar-refractivity contribution is 0.210. The van der Waals surface area contributed by atoms with Crippen LogP contribution in [-0.2, 0) is 0 Å². The molecule has 3 rings (SSSR count). The molecule has 0 aliphatic heterocycles. The van der Waals surface area contributed by atoms with Gasteiger partial charge in [-0.15, -0.1) is 0 Å². The van der Waals surface area contributed by atoms with E-state index in [0.717, 1.165) is 29.4 Å². The van der Waals surface area contributed by atoms with Gasteiger partial charge in [0.05, 0.1) is 7.11 Å². The maximum Gasteiger partial charge on any atom is 0.118 e. The van der Waals surface area contributed by atoms with E-state index in [-0.39, 0.29) is 0 Å². The van der Waals surface area contributed by atoms with E-state index in [1.807, 2.05) is 0 Å². The molecule has 1 fully saturated rings. The van der Waals surface area contributed by atoms with Gasteiger partial charge in [0, 0.05) is 0 Å². The summed E-state index contributed by atoms with van der Waals surface area (Å²) in [6.07, 6.45) is 20.2. The predicted molar refractivity (Wildman–Crippen MR) is 112 cm³/mol. The molecule has 0 aromatic heterocycles. The van der Waals surface area contributed by atoms with Gasteiger partial charge < -0.3 is 4.74 Å². The molecule has 0 saturated heterocycles. The molecule has 0 radical (unpaired) electrons. The highest BCUT2D eigenvalue weighted by atomic mass is 16.5. The average Bonchev–Trinajstić information content (AvgIpc) is 2.72. The molecular formula is C25H38O. The molecular weight excluding hydrogens is 316 g/mol. The summed E-state index contributed by atoms with van der Waals surface area (Å²) in [4.78, 5) is 0. The molecule has 0 heterocycles. The summed E-state index contributed by atoms with van der Waals surface area (Å²) >= 11 is 0. The fourth-order valence-electron chi connectivity index (χ4n) is 5.25. The van der Waals surface area contributed by atoms with Gasteiger partial charge in [0.2, 0.25) is 0 Å². The van der Waals surface area contributed by atoms with Crippen molar-refractivity contribution in [3.63, 3.8) is 0 Å². The number of benzene rings is 1. The van der Waals surface area contributed by atoms with Gasteiger partial charge >= 0.3 is 0 Å². The summed E-state index contributed by atoms with van der Waals surface area (Å²) in [7, 11) is 1.76. The van der Waals surface area contributed by atoms with Crippen LogP contribution < -0.4 is 4.74 Å². The fourth-order valence-corrected chi connectivity index (χ4v) is 5.25. The Bertz CT molecular complexity index is 536. The Labute approximate surface area is 161 Å². The summed E-state index contributed by atoms with van der Waals surface area (Å²) in [6, 6.07) is 9.00. The molecule has 0 N–H and O–H groups in total. The first kappa shape index (κ1) is 19.5. The van der Waals surface area contributed by atoms with Crippen LogP contribution in [-0.4, -0.2) is 7.11 Å². The van der Waals surface area contributed by atoms with Gasteiger partial charge in [-0.3, -0.25) is 0 Å². The summed E-state index contributed by atoms with van der Waals surface area (Å²) in [6.45, 7) is 2.32. The van der Waals surface area contributed by atoms with Crippen molar-refractivity contribution in [1.29, 1.82) is 0 Å². The predicted octanol–water partition coefficient (Wildman–Crippen LogP) is 7.52. The van der Waals surface area contributed by atoms with E-state index in [2.05, 4.69) is 43.3 Å². The molecule has 1 aromatic carbocycles. The number of rotatable bonds is 8. The van der Waals surface area contributed by atoms with Gasteiger partial charge in [-0.25, -0.2) is 0 Å². The maximum atomic E-state index is 5.39. The highest BCUT2D eigenvalue weighted by Gasteiger charge is 2.30. The van der Waals surface area contributed by atoms with Crippen molar-refractivity contribution in [3.8, 4) is 5.75 Å². The summed E-state index contributed by atoms with van der Waals surface area (Å²) < 4.78 is 5.39. The second-order valence-electron chi connectivity index (χ2n) is 8.69. The Morgan fingerprint density at radius 2 is 1.73 bits per heavy atom. The zero-order valence-electron chi connectivity index (χ0n) is 17.0. The summed E-state index contributed by atoms with van der Waals surface area (Å²) in [5, 5.41) is 0. The molecule has 2 aliphatic rings. The monoisotopic (exact) mass is 354 g/mol. The van der Waals surface area contributed by atoms with Gasteiger partial charge in [0.1, 0.15) is 5.75 Å². The molecule has 0 bridgehead atoms. The van der Waals surface area contributed by atoms with Crippen molar-refractivity contribution in [2.45, 2.75) is 83.5 Å². The Morgan fingerprint density at radius 1 is 0.962 bits per heavy atom. The zero-order valence-corrected chi connectivity index (χ0v) is 17.0. The second kappa shape index (κ2) is 10.2. The van der Waals surface area contributed by atoms with Crippen LogP contribution in [0.3, 0.4) is 0 Å². The molecule has 0 amide bonds. The molecule has 1 aromatic rings. The van der Waals surface area contributed by atoms with Crippen LogP contribution in [0, 0.1) is 17.8 Å². The topological polar surface area (TPSA) is 9.23 Å². The number of hydrogen-bond acceptors (Lipinski definition) is 1. The smallest absolute Gasteiger partial charge is 0.118 e. The zero-order chi connectivity index (χ0) is 18.2. The minimum atomic E-state index is 0.740. The quantitative estimate of drug-likeness (QED) is 0.439. The fraction of sp³-hybridized carbons (Fsp3) is 0.680. The van der Waals surface area contributed by atoms with Crippen molar-refractivity contribution in [2.24, 2.45) is 17.8 Å². The third kappa shape index (κ3) is 5.38. The van der Waals surface area contributed by atoms with Crippen molar-refractivity contribution in [2.75, 3.05) is 7.11 Å². The SMILES string of the molecule is CCCCC1CCC(C(CC2CC=CCC2)c2ccc(OC)cc2)CC1. The molecule has 144 valence electrons. The van der Waals surface area contributed by atoms with Gasteiger partial charge in [-0.2, -0.15) is 0 Å². The molecule has 2 aliphatic carbocycles. The lowest BCUT2D eigenvalue weighted by Gasteiger charge is -2.36. The second-order valence-corrected chi connectivity index (χ2v) is 8.69. The van der Waals surface area contributed by atoms with Crippen molar-refractivity contribution in [3.05, 3.63) is 42.0 Å². The third-order valence-corrected chi connectivity index (χ3v) is 6.94. The molecule has 2 atom stereocenters. The number of hydrogen-bond donors (Lipinski definition) is 0. The summed E-state index contributed by atoms with van der Waals surface area (Å²) in [5.74, 6) is 4.48. The Hall–Kier alpha value is -1.24. The van der Waals surface area contributed by atoms with Crippen LogP contribution in [0.5, 0.6) is 5.75 Å². The van der Waals surface area contributed by atoms with Crippen molar-refractivity contribution >= 4 is 0 Å². The molecule has 1 nitrogen and oxygen atoms in total. The number of unbranched alkanes of at least 4 members (excludes halogenated alkanes) is 1. The number of allylic oxidation sites excluding steroid dienone is 2. The standard InChI is InChI=1S/C25H38O/c1-3-4-8-20-11-13-22(14-12-20)25(19-21-9-6-5-7-10-21)23-15-17-24(26-2)18-16-23/h5-6,15-18,20-22,25H,3-4,7-14,19H2,1-2H3.